The average molecular weight is 269 g/mol. The van der Waals surface area contributed by atoms with E-state index in [2.05, 4.69) is 22.9 Å². The first-order valence-corrected chi connectivity index (χ1v) is 2.87. The zero-order valence-electron chi connectivity index (χ0n) is 9.25. The van der Waals surface area contributed by atoms with Gasteiger partial charge in [-0.2, -0.15) is 0 Å². The maximum atomic E-state index is 8.74. The molecule has 0 saturated carbocycles. The van der Waals surface area contributed by atoms with Crippen molar-refractivity contribution in [2.75, 3.05) is 0 Å². The molecular weight excluding hydrogens is 258 g/mol. The van der Waals surface area contributed by atoms with Crippen molar-refractivity contribution in [1.29, 1.82) is 0 Å². The molecule has 2 bridgehead atoms. The number of fused-ring (bicyclic) bond motifs is 2. The van der Waals surface area contributed by atoms with Crippen LogP contribution in [0, 0.1) is 0 Å². The van der Waals surface area contributed by atoms with E-state index in [1.54, 1.807) is 0 Å². The third-order valence-corrected chi connectivity index (χ3v) is 1.13. The molecule has 2 fully saturated rings. The second-order valence-corrected chi connectivity index (χ2v) is 1.87. The van der Waals surface area contributed by atoms with Crippen LogP contribution in [-0.2, 0) is 22.9 Å². The summed E-state index contributed by atoms with van der Waals surface area (Å²) in [5.74, 6) is 0. The zero-order valence-corrected chi connectivity index (χ0v) is 11.4. The SMILES string of the molecule is O.O.O.O.OB1OB2OB(O)OB(O1)O2.[H-].[K+]. The fraction of sp³-hybridized carbons (Fsp3) is 0. The van der Waals surface area contributed by atoms with Crippen molar-refractivity contribution in [3.8, 4) is 0 Å². The second kappa shape index (κ2) is 11.5. The summed E-state index contributed by atoms with van der Waals surface area (Å²) in [6, 6.07) is 0. The fourth-order valence-electron chi connectivity index (χ4n) is 0.728. The van der Waals surface area contributed by atoms with Gasteiger partial charge in [0.25, 0.3) is 0 Å². The third-order valence-electron chi connectivity index (χ3n) is 1.13. The number of hydrogen-bond acceptors (Lipinski definition) is 7. The van der Waals surface area contributed by atoms with E-state index in [0.29, 0.717) is 0 Å². The molecule has 0 amide bonds. The molecule has 0 aromatic rings. The first kappa shape index (κ1) is 26.1. The molecule has 0 aromatic carbocycles. The van der Waals surface area contributed by atoms with Crippen molar-refractivity contribution >= 4 is 29.3 Å². The second-order valence-electron chi connectivity index (χ2n) is 1.87. The summed E-state index contributed by atoms with van der Waals surface area (Å²) in [5, 5.41) is 17.5. The quantitative estimate of drug-likeness (QED) is 0.404. The molecule has 0 radical (unpaired) electrons. The zero-order chi connectivity index (χ0) is 7.84. The van der Waals surface area contributed by atoms with Gasteiger partial charge in [0.05, 0.1) is 0 Å². The summed E-state index contributed by atoms with van der Waals surface area (Å²) < 4.78 is 22.6. The summed E-state index contributed by atoms with van der Waals surface area (Å²) in [6.07, 6.45) is 0. The molecule has 2 rings (SSSR count). The van der Waals surface area contributed by atoms with Gasteiger partial charge in [0, 0.05) is 0 Å². The van der Waals surface area contributed by atoms with Crippen LogP contribution in [0.2, 0.25) is 0 Å². The monoisotopic (exact) mass is 270 g/mol. The van der Waals surface area contributed by atoms with Crippen LogP contribution < -0.4 is 51.4 Å². The van der Waals surface area contributed by atoms with Gasteiger partial charge in [-0.15, -0.1) is 0 Å². The van der Waals surface area contributed by atoms with Crippen molar-refractivity contribution in [3.05, 3.63) is 0 Å². The van der Waals surface area contributed by atoms with E-state index >= 15 is 0 Å². The van der Waals surface area contributed by atoms with Crippen molar-refractivity contribution in [1.82, 2.24) is 0 Å². The Kier molecular flexibility index (Phi) is 18.8. The maximum Gasteiger partial charge on any atom is 1.00 e. The van der Waals surface area contributed by atoms with Crippen LogP contribution >= 0.6 is 0 Å². The van der Waals surface area contributed by atoms with Crippen molar-refractivity contribution in [2.24, 2.45) is 0 Å². The summed E-state index contributed by atoms with van der Waals surface area (Å²) in [4.78, 5) is 0. The molecule has 11 nitrogen and oxygen atoms in total. The minimum Gasteiger partial charge on any atom is -1.00 e. The number of rotatable bonds is 0. The molecule has 16 heteroatoms. The molecule has 2 saturated heterocycles. The Morgan fingerprint density at radius 1 is 0.625 bits per heavy atom. The Labute approximate surface area is 136 Å². The minimum atomic E-state index is -1.45. The number of hydrogen-bond donors (Lipinski definition) is 2. The van der Waals surface area contributed by atoms with Gasteiger partial charge in [-0.25, -0.2) is 0 Å². The van der Waals surface area contributed by atoms with E-state index in [1.165, 1.54) is 0 Å². The van der Waals surface area contributed by atoms with Gasteiger partial charge >= 0.3 is 80.7 Å². The molecule has 2 aliphatic rings. The van der Waals surface area contributed by atoms with E-state index in [9.17, 15) is 0 Å². The first-order chi connectivity index (χ1) is 5.24. The third kappa shape index (κ3) is 7.02. The van der Waals surface area contributed by atoms with Crippen molar-refractivity contribution in [3.63, 3.8) is 0 Å². The Morgan fingerprint density at radius 3 is 1.12 bits per heavy atom. The first-order valence-electron chi connectivity index (χ1n) is 2.87. The molecule has 0 spiro atoms. The average Bonchev–Trinajstić information content (AvgIpc) is 1.82. The molecule has 90 valence electrons. The van der Waals surface area contributed by atoms with Gasteiger partial charge in [0.1, 0.15) is 0 Å². The topological polar surface area (TPSA) is 213 Å². The van der Waals surface area contributed by atoms with Gasteiger partial charge in [0.15, 0.2) is 0 Å². The van der Waals surface area contributed by atoms with Crippen LogP contribution in [0.5, 0.6) is 0 Å². The summed E-state index contributed by atoms with van der Waals surface area (Å²) in [6.45, 7) is 0. The van der Waals surface area contributed by atoms with Crippen LogP contribution in [0.4, 0.5) is 0 Å². The van der Waals surface area contributed by atoms with Crippen LogP contribution in [0.1, 0.15) is 1.43 Å². The predicted octanol–water partition coefficient (Wildman–Crippen LogP) is -9.16. The Balaban J connectivity index is -0.0000000800. The van der Waals surface area contributed by atoms with E-state index in [0.717, 1.165) is 0 Å². The van der Waals surface area contributed by atoms with Crippen LogP contribution in [0.3, 0.4) is 0 Å². The molecule has 0 aliphatic carbocycles. The Bertz CT molecular complexity index is 129. The molecule has 0 aromatic heterocycles. The van der Waals surface area contributed by atoms with E-state index < -0.39 is 29.3 Å². The van der Waals surface area contributed by atoms with Gasteiger partial charge in [-0.1, -0.05) is 0 Å². The molecule has 0 unspecified atom stereocenters. The Hall–Kier alpha value is 1.46. The largest absolute Gasteiger partial charge is 1.00 e. The minimum absolute atomic E-state index is 0. The predicted molar refractivity (Wildman–Crippen MR) is 48.4 cm³/mol. The summed E-state index contributed by atoms with van der Waals surface area (Å²) in [7, 11) is -5.20. The fourth-order valence-corrected chi connectivity index (χ4v) is 0.728. The van der Waals surface area contributed by atoms with Gasteiger partial charge in [0.2, 0.25) is 0 Å². The van der Waals surface area contributed by atoms with Gasteiger partial charge < -0.3 is 56.2 Å². The standard InChI is InChI=1S/B4H2O7.K.4H2O.H/c5-1-7-3-9-2(6)10-4(8-1)11-3;;;;;;/h5-6H;;4*1H2;/q;+1;;;;;-1. The van der Waals surface area contributed by atoms with Gasteiger partial charge in [-0.3, -0.25) is 0 Å². The van der Waals surface area contributed by atoms with Crippen LogP contribution in [0.25, 0.3) is 0 Å². The van der Waals surface area contributed by atoms with E-state index in [4.69, 9.17) is 10.0 Å². The maximum absolute atomic E-state index is 8.74. The molecule has 10 N–H and O–H groups in total. The van der Waals surface area contributed by atoms with E-state index in [1.807, 2.05) is 0 Å². The molecule has 0 atom stereocenters. The Morgan fingerprint density at radius 2 is 0.875 bits per heavy atom. The van der Waals surface area contributed by atoms with E-state index in [-0.39, 0.29) is 74.7 Å². The smallest absolute Gasteiger partial charge is 1.00 e. The summed E-state index contributed by atoms with van der Waals surface area (Å²) in [5.41, 5.74) is 0. The van der Waals surface area contributed by atoms with Crippen molar-refractivity contribution < 1.29 is 108 Å². The molecule has 2 heterocycles. The normalized spacial score (nSPS) is 16.9. The molecule has 2 aliphatic heterocycles. The van der Waals surface area contributed by atoms with Crippen LogP contribution in [-0.4, -0.2) is 61.2 Å². The molecular formula is H11B4KO11. The summed E-state index contributed by atoms with van der Waals surface area (Å²) >= 11 is 0. The van der Waals surface area contributed by atoms with Crippen LogP contribution in [0.15, 0.2) is 0 Å². The molecule has 16 heavy (non-hydrogen) atoms. The van der Waals surface area contributed by atoms with Gasteiger partial charge in [-0.05, 0) is 0 Å². The van der Waals surface area contributed by atoms with Crippen molar-refractivity contribution in [2.45, 2.75) is 0 Å².